The molecule has 0 spiro atoms. The zero-order valence-electron chi connectivity index (χ0n) is 16.5. The molecule has 0 fully saturated rings. The van der Waals surface area contributed by atoms with Crippen LogP contribution in [0.1, 0.15) is 20.9 Å². The molecule has 12 heteroatoms. The highest BCUT2D eigenvalue weighted by Crippen LogP contribution is 2.17. The van der Waals surface area contributed by atoms with E-state index in [2.05, 4.69) is 76.1 Å². The molecule has 0 aromatic carbocycles. The molecule has 0 unspecified atom stereocenters. The van der Waals surface area contributed by atoms with Gasteiger partial charge < -0.3 is 21.7 Å². The Hall–Kier alpha value is -3.12. The fraction of sp³-hybridized carbons (Fsp3) is 0.333. The Morgan fingerprint density at radius 1 is 1.00 bits per heavy atom. The third-order valence-electron chi connectivity index (χ3n) is 4.47. The van der Waals surface area contributed by atoms with Crippen molar-refractivity contribution in [3.05, 3.63) is 43.8 Å². The number of nitrogens with one attached hydrogen (secondary N) is 5. The molecule has 0 amide bonds. The van der Waals surface area contributed by atoms with Gasteiger partial charge in [-0.15, -0.1) is 32.9 Å². The number of aromatic amines is 2. The summed E-state index contributed by atoms with van der Waals surface area (Å²) in [5.41, 5.74) is 8.14. The van der Waals surface area contributed by atoms with Crippen LogP contribution in [0, 0.1) is 6.92 Å². The van der Waals surface area contributed by atoms with Crippen LogP contribution in [0.2, 0.25) is 0 Å². The van der Waals surface area contributed by atoms with Gasteiger partial charge in [-0.25, -0.2) is 10.2 Å². The fourth-order valence-corrected chi connectivity index (χ4v) is 4.52. The summed E-state index contributed by atoms with van der Waals surface area (Å²) < 4.78 is 0. The van der Waals surface area contributed by atoms with Crippen molar-refractivity contribution >= 4 is 46.5 Å². The maximum Gasteiger partial charge on any atom is 0.243 e. The molecule has 0 atom stereocenters. The average Bonchev–Trinajstić information content (AvgIpc) is 3.51. The number of H-pyrrole nitrogens is 2. The van der Waals surface area contributed by atoms with Gasteiger partial charge in [-0.1, -0.05) is 0 Å². The van der Waals surface area contributed by atoms with Gasteiger partial charge in [0.25, 0.3) is 0 Å². The van der Waals surface area contributed by atoms with E-state index in [-0.39, 0.29) is 0 Å². The summed E-state index contributed by atoms with van der Waals surface area (Å²) in [5, 5.41) is 27.7. The molecular weight excluding hydrogens is 420 g/mol. The second-order valence-corrected chi connectivity index (χ2v) is 8.80. The summed E-state index contributed by atoms with van der Waals surface area (Å²) >= 11 is 3.49. The van der Waals surface area contributed by atoms with Gasteiger partial charge in [-0.3, -0.25) is 0 Å². The quantitative estimate of drug-likeness (QED) is 0.207. The molecule has 4 aromatic heterocycles. The molecular formula is C18H24N10S2. The molecule has 4 heterocycles. The zero-order chi connectivity index (χ0) is 20.8. The maximum atomic E-state index is 5.51. The lowest BCUT2D eigenvalue weighted by Gasteiger charge is -2.02. The number of nitrogens with zero attached hydrogens (tertiary/aromatic N) is 4. The van der Waals surface area contributed by atoms with Gasteiger partial charge in [0.2, 0.25) is 23.8 Å². The summed E-state index contributed by atoms with van der Waals surface area (Å²) in [6.45, 7) is 4.38. The van der Waals surface area contributed by atoms with Crippen molar-refractivity contribution in [2.75, 3.05) is 34.8 Å². The molecule has 0 radical (unpaired) electrons. The standard InChI is InChI=1S/C18H24N10S2/c1-11-13(4-7-29-11)3-6-21-17-24-18(28-27-17)22-9-14-8-12(10-30-14)2-5-20-16-23-15(19)25-26-16/h4,7-8,10H,2-3,5-6,9H2,1H3,(H4,19,20,23,25,26)(H3,21,22,24,27,28). The van der Waals surface area contributed by atoms with E-state index < -0.39 is 0 Å². The van der Waals surface area contributed by atoms with Crippen LogP contribution in [0.5, 0.6) is 0 Å². The van der Waals surface area contributed by atoms with Crippen LogP contribution in [-0.2, 0) is 19.4 Å². The Balaban J connectivity index is 1.17. The smallest absolute Gasteiger partial charge is 0.243 e. The molecule has 10 nitrogen and oxygen atoms in total. The molecule has 0 bridgehead atoms. The van der Waals surface area contributed by atoms with Crippen LogP contribution in [0.4, 0.5) is 23.8 Å². The van der Waals surface area contributed by atoms with Gasteiger partial charge in [0.1, 0.15) is 0 Å². The van der Waals surface area contributed by atoms with Crippen molar-refractivity contribution in [1.82, 2.24) is 30.4 Å². The largest absolute Gasteiger partial charge is 0.368 e. The monoisotopic (exact) mass is 444 g/mol. The first-order chi connectivity index (χ1) is 14.7. The third-order valence-corrected chi connectivity index (χ3v) is 6.34. The Morgan fingerprint density at radius 3 is 2.63 bits per heavy atom. The minimum Gasteiger partial charge on any atom is -0.368 e. The first-order valence-corrected chi connectivity index (χ1v) is 11.3. The molecule has 4 aromatic rings. The van der Waals surface area contributed by atoms with Crippen molar-refractivity contribution in [3.8, 4) is 0 Å². The van der Waals surface area contributed by atoms with E-state index in [0.29, 0.717) is 30.3 Å². The molecule has 4 rings (SSSR count). The number of aromatic nitrogens is 6. The predicted molar refractivity (Wildman–Crippen MR) is 122 cm³/mol. The normalized spacial score (nSPS) is 11.0. The van der Waals surface area contributed by atoms with Gasteiger partial charge >= 0.3 is 0 Å². The van der Waals surface area contributed by atoms with Crippen LogP contribution in [0.15, 0.2) is 22.9 Å². The SMILES string of the molecule is Cc1sccc1CCNc1nc(NCc2cc(CCNc3n[nH]c(N)n3)cs2)n[nH]1. The Labute approximate surface area is 181 Å². The van der Waals surface area contributed by atoms with Crippen LogP contribution in [0.25, 0.3) is 0 Å². The maximum absolute atomic E-state index is 5.51. The number of hydrogen-bond donors (Lipinski definition) is 6. The molecule has 0 aliphatic heterocycles. The van der Waals surface area contributed by atoms with E-state index in [1.165, 1.54) is 20.9 Å². The summed E-state index contributed by atoms with van der Waals surface area (Å²) in [7, 11) is 0. The topological polar surface area (TPSA) is 145 Å². The molecule has 0 aliphatic rings. The van der Waals surface area contributed by atoms with E-state index in [0.717, 1.165) is 25.9 Å². The fourth-order valence-electron chi connectivity index (χ4n) is 2.89. The summed E-state index contributed by atoms with van der Waals surface area (Å²) in [4.78, 5) is 11.0. The number of rotatable bonds is 11. The highest BCUT2D eigenvalue weighted by atomic mass is 32.1. The molecule has 0 aliphatic carbocycles. The van der Waals surface area contributed by atoms with Crippen molar-refractivity contribution in [2.45, 2.75) is 26.3 Å². The second kappa shape index (κ2) is 9.59. The first kappa shape index (κ1) is 20.2. The van der Waals surface area contributed by atoms with E-state index in [9.17, 15) is 0 Å². The molecule has 0 saturated carbocycles. The minimum atomic E-state index is 0.310. The lowest BCUT2D eigenvalue weighted by atomic mass is 10.2. The van der Waals surface area contributed by atoms with Crippen LogP contribution < -0.4 is 21.7 Å². The number of nitrogen functional groups attached to an aromatic ring is 1. The van der Waals surface area contributed by atoms with Gasteiger partial charge in [0.15, 0.2) is 0 Å². The van der Waals surface area contributed by atoms with E-state index in [1.807, 2.05) is 0 Å². The highest BCUT2D eigenvalue weighted by molar-refractivity contribution is 7.10. The van der Waals surface area contributed by atoms with Crippen LogP contribution in [-0.4, -0.2) is 43.5 Å². The highest BCUT2D eigenvalue weighted by Gasteiger charge is 2.06. The predicted octanol–water partition coefficient (Wildman–Crippen LogP) is 2.86. The zero-order valence-corrected chi connectivity index (χ0v) is 18.2. The van der Waals surface area contributed by atoms with Gasteiger partial charge in [-0.2, -0.15) is 9.97 Å². The van der Waals surface area contributed by atoms with Crippen LogP contribution >= 0.6 is 22.7 Å². The van der Waals surface area contributed by atoms with E-state index >= 15 is 0 Å². The average molecular weight is 445 g/mol. The third kappa shape index (κ3) is 5.48. The van der Waals surface area contributed by atoms with Gasteiger partial charge in [0, 0.05) is 22.8 Å². The summed E-state index contributed by atoms with van der Waals surface area (Å²) in [5.74, 6) is 2.09. The van der Waals surface area contributed by atoms with E-state index in [4.69, 9.17) is 5.73 Å². The molecule has 7 N–H and O–H groups in total. The lowest BCUT2D eigenvalue weighted by Crippen LogP contribution is -2.06. The van der Waals surface area contributed by atoms with E-state index in [1.54, 1.807) is 22.7 Å². The molecule has 30 heavy (non-hydrogen) atoms. The Morgan fingerprint density at radius 2 is 1.83 bits per heavy atom. The van der Waals surface area contributed by atoms with Crippen molar-refractivity contribution in [3.63, 3.8) is 0 Å². The van der Waals surface area contributed by atoms with Crippen molar-refractivity contribution in [1.29, 1.82) is 0 Å². The number of nitrogens with two attached hydrogens (primary N) is 1. The van der Waals surface area contributed by atoms with Crippen molar-refractivity contribution < 1.29 is 0 Å². The number of thiophene rings is 2. The van der Waals surface area contributed by atoms with Gasteiger partial charge in [0.05, 0.1) is 6.54 Å². The van der Waals surface area contributed by atoms with Crippen molar-refractivity contribution in [2.24, 2.45) is 0 Å². The Kier molecular flexibility index (Phi) is 6.44. The Bertz CT molecular complexity index is 1060. The second-order valence-electron chi connectivity index (χ2n) is 6.68. The molecule has 158 valence electrons. The van der Waals surface area contributed by atoms with Crippen LogP contribution in [0.3, 0.4) is 0 Å². The summed E-state index contributed by atoms with van der Waals surface area (Å²) in [6, 6.07) is 4.35. The minimum absolute atomic E-state index is 0.310. The first-order valence-electron chi connectivity index (χ1n) is 9.57. The number of hydrogen-bond acceptors (Lipinski definition) is 10. The number of aryl methyl sites for hydroxylation is 1. The van der Waals surface area contributed by atoms with Gasteiger partial charge in [-0.05, 0) is 53.8 Å². The number of anilines is 4. The summed E-state index contributed by atoms with van der Waals surface area (Å²) in [6.07, 6.45) is 1.85. The molecule has 0 saturated heterocycles. The lowest BCUT2D eigenvalue weighted by molar-refractivity contribution is 0.982.